The molecule has 1 aliphatic rings. The van der Waals surface area contributed by atoms with E-state index in [1.165, 1.54) is 4.90 Å². The van der Waals surface area contributed by atoms with Crippen LogP contribution in [0.15, 0.2) is 24.3 Å². The third-order valence-electron chi connectivity index (χ3n) is 2.36. The summed E-state index contributed by atoms with van der Waals surface area (Å²) < 4.78 is 5.14. The maximum absolute atomic E-state index is 11.5. The Morgan fingerprint density at radius 2 is 2.00 bits per heavy atom. The molecule has 78 valence electrons. The normalized spacial score (nSPS) is 15.9. The van der Waals surface area contributed by atoms with Crippen LogP contribution in [0.4, 0.5) is 5.69 Å². The minimum absolute atomic E-state index is 0.00194. The zero-order valence-corrected chi connectivity index (χ0v) is 8.40. The lowest BCUT2D eigenvalue weighted by Crippen LogP contribution is -2.24. The summed E-state index contributed by atoms with van der Waals surface area (Å²) in [5, 5.41) is 0. The van der Waals surface area contributed by atoms with E-state index in [0.717, 1.165) is 0 Å². The van der Waals surface area contributed by atoms with E-state index < -0.39 is 0 Å². The second-order valence-corrected chi connectivity index (χ2v) is 3.37. The van der Waals surface area contributed by atoms with Crippen LogP contribution in [-0.4, -0.2) is 25.3 Å². The van der Waals surface area contributed by atoms with Crippen LogP contribution in [0.2, 0.25) is 0 Å². The number of carbonyl (C=O) groups is 2. The number of ether oxygens (including phenoxy) is 1. The van der Waals surface area contributed by atoms with E-state index in [1.807, 2.05) is 12.1 Å². The van der Waals surface area contributed by atoms with Crippen molar-refractivity contribution < 1.29 is 14.3 Å². The van der Waals surface area contributed by atoms with Gasteiger partial charge in [-0.25, -0.2) is 0 Å². The molecule has 0 bridgehead atoms. The number of Topliss-reactive ketones (excluding diaryl/α,β-unsaturated/α-hetero) is 1. The molecule has 2 rings (SSSR count). The highest BCUT2D eigenvalue weighted by Crippen LogP contribution is 2.29. The van der Waals surface area contributed by atoms with Crippen molar-refractivity contribution in [2.75, 3.05) is 18.6 Å². The minimum Gasteiger partial charge on any atom is -0.495 e. The van der Waals surface area contributed by atoms with Crippen LogP contribution in [0.25, 0.3) is 0 Å². The van der Waals surface area contributed by atoms with Crippen LogP contribution in [0.5, 0.6) is 5.75 Å². The van der Waals surface area contributed by atoms with Crippen molar-refractivity contribution in [1.29, 1.82) is 0 Å². The van der Waals surface area contributed by atoms with Gasteiger partial charge in [0.05, 0.1) is 25.8 Å². The predicted molar refractivity (Wildman–Crippen MR) is 55.0 cm³/mol. The summed E-state index contributed by atoms with van der Waals surface area (Å²) in [4.78, 5) is 24.1. The van der Waals surface area contributed by atoms with Crippen molar-refractivity contribution >= 4 is 17.4 Å². The number of methoxy groups -OCH3 is 1. The van der Waals surface area contributed by atoms with Crippen LogP contribution in [-0.2, 0) is 9.59 Å². The molecule has 1 amide bonds. The molecule has 0 radical (unpaired) electrons. The maximum atomic E-state index is 11.5. The quantitative estimate of drug-likeness (QED) is 0.677. The van der Waals surface area contributed by atoms with E-state index in [9.17, 15) is 9.59 Å². The molecule has 0 saturated carbocycles. The van der Waals surface area contributed by atoms with Crippen molar-refractivity contribution in [3.8, 4) is 5.75 Å². The van der Waals surface area contributed by atoms with Gasteiger partial charge in [-0.1, -0.05) is 12.1 Å². The Kier molecular flexibility index (Phi) is 2.41. The van der Waals surface area contributed by atoms with Crippen molar-refractivity contribution in [3.05, 3.63) is 24.3 Å². The smallest absolute Gasteiger partial charge is 0.235 e. The van der Waals surface area contributed by atoms with E-state index in [1.54, 1.807) is 19.2 Å². The lowest BCUT2D eigenvalue weighted by Gasteiger charge is -2.17. The highest BCUT2D eigenvalue weighted by Gasteiger charge is 2.30. The van der Waals surface area contributed by atoms with Crippen LogP contribution < -0.4 is 9.64 Å². The van der Waals surface area contributed by atoms with E-state index in [4.69, 9.17) is 4.74 Å². The molecular formula is C11H11NO3. The fourth-order valence-corrected chi connectivity index (χ4v) is 1.66. The van der Waals surface area contributed by atoms with E-state index in [2.05, 4.69) is 0 Å². The summed E-state index contributed by atoms with van der Waals surface area (Å²) >= 11 is 0. The molecule has 1 fully saturated rings. The predicted octanol–water partition coefficient (Wildman–Crippen LogP) is 1.00. The Bertz CT molecular complexity index is 414. The van der Waals surface area contributed by atoms with Gasteiger partial charge >= 0.3 is 0 Å². The van der Waals surface area contributed by atoms with E-state index >= 15 is 0 Å². The van der Waals surface area contributed by atoms with Crippen molar-refractivity contribution in [2.45, 2.75) is 6.42 Å². The van der Waals surface area contributed by atoms with Gasteiger partial charge in [-0.3, -0.25) is 9.59 Å². The summed E-state index contributed by atoms with van der Waals surface area (Å²) in [6, 6.07) is 7.18. The Morgan fingerprint density at radius 1 is 1.27 bits per heavy atom. The Hall–Kier alpha value is -1.84. The van der Waals surface area contributed by atoms with Crippen LogP contribution in [0, 0.1) is 0 Å². The highest BCUT2D eigenvalue weighted by atomic mass is 16.5. The Labute approximate surface area is 87.4 Å². The molecule has 0 aliphatic carbocycles. The van der Waals surface area contributed by atoms with Crippen molar-refractivity contribution in [1.82, 2.24) is 0 Å². The fraction of sp³-hybridized carbons (Fsp3) is 0.273. The number of hydrogen-bond donors (Lipinski definition) is 0. The first-order valence-electron chi connectivity index (χ1n) is 4.67. The number of nitrogens with zero attached hydrogens (tertiary/aromatic N) is 1. The number of ketones is 1. The maximum Gasteiger partial charge on any atom is 0.235 e. The summed E-state index contributed by atoms with van der Waals surface area (Å²) in [5.41, 5.74) is 0.663. The number of anilines is 1. The van der Waals surface area contributed by atoms with Gasteiger partial charge in [-0.15, -0.1) is 0 Å². The summed E-state index contributed by atoms with van der Waals surface area (Å²) in [7, 11) is 1.54. The minimum atomic E-state index is -0.162. The number of carbonyl (C=O) groups excluding carboxylic acids is 2. The van der Waals surface area contributed by atoms with Gasteiger partial charge in [-0.05, 0) is 12.1 Å². The Morgan fingerprint density at radius 3 is 2.60 bits per heavy atom. The Balaban J connectivity index is 2.37. The van der Waals surface area contributed by atoms with Crippen LogP contribution in [0.1, 0.15) is 6.42 Å². The van der Waals surface area contributed by atoms with Crippen LogP contribution in [0.3, 0.4) is 0 Å². The summed E-state index contributed by atoms with van der Waals surface area (Å²) in [6.45, 7) is 0.152. The van der Waals surface area contributed by atoms with Crippen molar-refractivity contribution in [3.63, 3.8) is 0 Å². The molecule has 4 nitrogen and oxygen atoms in total. The molecule has 0 atom stereocenters. The topological polar surface area (TPSA) is 46.6 Å². The SMILES string of the molecule is COc1ccccc1N1CC(=O)CC1=O. The molecule has 0 unspecified atom stereocenters. The van der Waals surface area contributed by atoms with Gasteiger partial charge in [0.2, 0.25) is 5.91 Å². The van der Waals surface area contributed by atoms with Gasteiger partial charge in [0, 0.05) is 0 Å². The molecule has 1 aliphatic heterocycles. The van der Waals surface area contributed by atoms with Gasteiger partial charge < -0.3 is 9.64 Å². The first-order chi connectivity index (χ1) is 7.22. The second-order valence-electron chi connectivity index (χ2n) is 3.37. The highest BCUT2D eigenvalue weighted by molar-refractivity contribution is 6.15. The number of amides is 1. The van der Waals surface area contributed by atoms with E-state index in [0.29, 0.717) is 11.4 Å². The standard InChI is InChI=1S/C11H11NO3/c1-15-10-5-3-2-4-9(10)12-7-8(13)6-11(12)14/h2-5H,6-7H2,1H3. The average Bonchev–Trinajstić information content (AvgIpc) is 2.57. The molecule has 0 spiro atoms. The molecule has 1 aromatic rings. The van der Waals surface area contributed by atoms with Crippen LogP contribution >= 0.6 is 0 Å². The number of rotatable bonds is 2. The third kappa shape index (κ3) is 1.70. The van der Waals surface area contributed by atoms with Gasteiger partial charge in [0.15, 0.2) is 5.78 Å². The third-order valence-corrected chi connectivity index (χ3v) is 2.36. The molecule has 1 heterocycles. The fourth-order valence-electron chi connectivity index (χ4n) is 1.66. The second kappa shape index (κ2) is 3.73. The molecule has 1 aromatic carbocycles. The summed E-state index contributed by atoms with van der Waals surface area (Å²) in [5.74, 6) is 0.399. The first kappa shape index (κ1) is 9.71. The zero-order valence-electron chi connectivity index (χ0n) is 8.40. The first-order valence-corrected chi connectivity index (χ1v) is 4.67. The largest absolute Gasteiger partial charge is 0.495 e. The molecule has 4 heteroatoms. The molecule has 0 N–H and O–H groups in total. The van der Waals surface area contributed by atoms with Gasteiger partial charge in [0.1, 0.15) is 5.75 Å². The lowest BCUT2D eigenvalue weighted by atomic mass is 10.2. The van der Waals surface area contributed by atoms with E-state index in [-0.39, 0.29) is 24.7 Å². The van der Waals surface area contributed by atoms with Gasteiger partial charge in [0.25, 0.3) is 0 Å². The zero-order chi connectivity index (χ0) is 10.8. The number of benzene rings is 1. The molecule has 0 aromatic heterocycles. The summed E-state index contributed by atoms with van der Waals surface area (Å²) in [6.07, 6.45) is -0.00194. The number of para-hydroxylation sites is 2. The molecule has 15 heavy (non-hydrogen) atoms. The molecule has 1 saturated heterocycles. The number of hydrogen-bond acceptors (Lipinski definition) is 3. The monoisotopic (exact) mass is 205 g/mol. The molecular weight excluding hydrogens is 194 g/mol. The lowest BCUT2D eigenvalue weighted by molar-refractivity contribution is -0.121. The average molecular weight is 205 g/mol. The van der Waals surface area contributed by atoms with Crippen molar-refractivity contribution in [2.24, 2.45) is 0 Å². The van der Waals surface area contributed by atoms with Gasteiger partial charge in [-0.2, -0.15) is 0 Å².